The van der Waals surface area contributed by atoms with E-state index >= 15 is 0 Å². The third kappa shape index (κ3) is 4.94. The predicted octanol–water partition coefficient (Wildman–Crippen LogP) is 3.35. The van der Waals surface area contributed by atoms with Crippen molar-refractivity contribution >= 4 is 11.7 Å². The van der Waals surface area contributed by atoms with E-state index in [1.54, 1.807) is 0 Å². The number of carbonyl (C=O) groups is 1. The van der Waals surface area contributed by atoms with Crippen molar-refractivity contribution in [3.8, 4) is 0 Å². The molecule has 1 fully saturated rings. The predicted molar refractivity (Wildman–Crippen MR) is 82.9 cm³/mol. The summed E-state index contributed by atoms with van der Waals surface area (Å²) >= 11 is 0. The lowest BCUT2D eigenvalue weighted by Crippen LogP contribution is -2.39. The van der Waals surface area contributed by atoms with Crippen LogP contribution < -0.4 is 10.6 Å². The van der Waals surface area contributed by atoms with Crippen LogP contribution in [0.1, 0.15) is 32.6 Å². The number of hydrogen-bond acceptors (Lipinski definition) is 2. The number of benzene rings is 1. The number of carbonyl (C=O) groups excluding carboxylic acids is 1. The molecule has 2 N–H and O–H groups in total. The van der Waals surface area contributed by atoms with Crippen molar-refractivity contribution in [1.82, 2.24) is 10.2 Å². The molecule has 0 saturated carbocycles. The molecule has 1 atom stereocenters. The first-order valence-corrected chi connectivity index (χ1v) is 7.80. The van der Waals surface area contributed by atoms with Gasteiger partial charge in [0.05, 0.1) is 5.69 Å². The quantitative estimate of drug-likeness (QED) is 0.819. The van der Waals surface area contributed by atoms with Crippen LogP contribution in [-0.2, 0) is 0 Å². The van der Waals surface area contributed by atoms with Crippen molar-refractivity contribution < 1.29 is 13.6 Å². The normalized spacial score (nSPS) is 19.0. The summed E-state index contributed by atoms with van der Waals surface area (Å²) in [5.74, 6) is -1.45. The number of hydrogen-bond donors (Lipinski definition) is 2. The Labute approximate surface area is 129 Å². The standard InChI is InChI=1S/C16H23F2N3O/c1-12-5-2-3-9-21(12)10-4-8-19-16(22)20-15-7-6-13(17)11-14(15)18/h6-7,11-12H,2-5,8-10H2,1H3,(H2,19,20,22). The highest BCUT2D eigenvalue weighted by atomic mass is 19.1. The van der Waals surface area contributed by atoms with Gasteiger partial charge in [0.2, 0.25) is 0 Å². The molecule has 0 aliphatic carbocycles. The van der Waals surface area contributed by atoms with E-state index in [1.807, 2.05) is 0 Å². The van der Waals surface area contributed by atoms with E-state index in [9.17, 15) is 13.6 Å². The molecule has 0 aromatic heterocycles. The van der Waals surface area contributed by atoms with Gasteiger partial charge in [0, 0.05) is 25.2 Å². The zero-order chi connectivity index (χ0) is 15.9. The largest absolute Gasteiger partial charge is 0.338 e. The number of nitrogens with zero attached hydrogens (tertiary/aromatic N) is 1. The van der Waals surface area contributed by atoms with Crippen LogP contribution in [0.3, 0.4) is 0 Å². The van der Waals surface area contributed by atoms with Gasteiger partial charge in [-0.3, -0.25) is 0 Å². The van der Waals surface area contributed by atoms with E-state index in [1.165, 1.54) is 25.3 Å². The molecule has 1 aromatic rings. The zero-order valence-electron chi connectivity index (χ0n) is 12.9. The fourth-order valence-corrected chi connectivity index (χ4v) is 2.73. The lowest BCUT2D eigenvalue weighted by molar-refractivity contribution is 0.159. The summed E-state index contributed by atoms with van der Waals surface area (Å²) in [4.78, 5) is 14.1. The van der Waals surface area contributed by atoms with E-state index in [2.05, 4.69) is 22.5 Å². The molecule has 1 aliphatic rings. The van der Waals surface area contributed by atoms with Gasteiger partial charge >= 0.3 is 6.03 Å². The van der Waals surface area contributed by atoms with Gasteiger partial charge in [-0.25, -0.2) is 13.6 Å². The van der Waals surface area contributed by atoms with Gasteiger partial charge in [0.1, 0.15) is 11.6 Å². The summed E-state index contributed by atoms with van der Waals surface area (Å²) in [6.45, 7) is 4.83. The minimum absolute atomic E-state index is 0.0245. The maximum absolute atomic E-state index is 13.4. The number of piperidine rings is 1. The Morgan fingerprint density at radius 2 is 2.18 bits per heavy atom. The first-order valence-electron chi connectivity index (χ1n) is 7.80. The summed E-state index contributed by atoms with van der Waals surface area (Å²) < 4.78 is 26.2. The Morgan fingerprint density at radius 3 is 2.91 bits per heavy atom. The number of nitrogens with one attached hydrogen (secondary N) is 2. The fraction of sp³-hybridized carbons (Fsp3) is 0.562. The molecule has 1 aliphatic heterocycles. The topological polar surface area (TPSA) is 44.4 Å². The fourth-order valence-electron chi connectivity index (χ4n) is 2.73. The number of amides is 2. The molecule has 2 amide bonds. The third-order valence-electron chi connectivity index (χ3n) is 4.03. The number of rotatable bonds is 5. The van der Waals surface area contributed by atoms with Crippen LogP contribution in [0.4, 0.5) is 19.3 Å². The second-order valence-electron chi connectivity index (χ2n) is 5.74. The summed E-state index contributed by atoms with van der Waals surface area (Å²) in [6.07, 6.45) is 4.62. The Kier molecular flexibility index (Phi) is 6.12. The van der Waals surface area contributed by atoms with Crippen LogP contribution in [0.15, 0.2) is 18.2 Å². The van der Waals surface area contributed by atoms with Crippen molar-refractivity contribution in [2.75, 3.05) is 25.0 Å². The van der Waals surface area contributed by atoms with E-state index in [0.717, 1.165) is 31.6 Å². The maximum Gasteiger partial charge on any atom is 0.319 e. The van der Waals surface area contributed by atoms with E-state index in [-0.39, 0.29) is 5.69 Å². The minimum Gasteiger partial charge on any atom is -0.338 e. The van der Waals surface area contributed by atoms with Crippen LogP contribution in [0.25, 0.3) is 0 Å². The van der Waals surface area contributed by atoms with Gasteiger partial charge in [-0.15, -0.1) is 0 Å². The van der Waals surface area contributed by atoms with Gasteiger partial charge < -0.3 is 15.5 Å². The van der Waals surface area contributed by atoms with Gasteiger partial charge in [-0.05, 0) is 44.9 Å². The average molecular weight is 311 g/mol. The van der Waals surface area contributed by atoms with Gasteiger partial charge in [0.25, 0.3) is 0 Å². The monoisotopic (exact) mass is 311 g/mol. The molecule has 0 spiro atoms. The van der Waals surface area contributed by atoms with E-state index < -0.39 is 17.7 Å². The van der Waals surface area contributed by atoms with Crippen molar-refractivity contribution in [2.24, 2.45) is 0 Å². The van der Waals surface area contributed by atoms with Crippen LogP contribution in [0.2, 0.25) is 0 Å². The van der Waals surface area contributed by atoms with Crippen molar-refractivity contribution in [1.29, 1.82) is 0 Å². The second kappa shape index (κ2) is 8.08. The van der Waals surface area contributed by atoms with E-state index in [4.69, 9.17) is 0 Å². The maximum atomic E-state index is 13.4. The highest BCUT2D eigenvalue weighted by Gasteiger charge is 2.17. The van der Waals surface area contributed by atoms with Crippen molar-refractivity contribution in [3.63, 3.8) is 0 Å². The lowest BCUT2D eigenvalue weighted by atomic mass is 10.0. The van der Waals surface area contributed by atoms with Crippen LogP contribution in [0.5, 0.6) is 0 Å². The molecular formula is C16H23F2N3O. The summed E-state index contributed by atoms with van der Waals surface area (Å²) in [6, 6.07) is 3.19. The summed E-state index contributed by atoms with van der Waals surface area (Å²) in [7, 11) is 0. The molecule has 1 aromatic carbocycles. The Morgan fingerprint density at radius 1 is 1.36 bits per heavy atom. The Hall–Kier alpha value is -1.69. The minimum atomic E-state index is -0.780. The lowest BCUT2D eigenvalue weighted by Gasteiger charge is -2.33. The number of halogens is 2. The van der Waals surface area contributed by atoms with Gasteiger partial charge in [0.15, 0.2) is 0 Å². The average Bonchev–Trinajstić information content (AvgIpc) is 2.48. The molecular weight excluding hydrogens is 288 g/mol. The molecule has 1 saturated heterocycles. The highest BCUT2D eigenvalue weighted by Crippen LogP contribution is 2.16. The molecule has 1 unspecified atom stereocenters. The third-order valence-corrected chi connectivity index (χ3v) is 4.03. The number of anilines is 1. The zero-order valence-corrected chi connectivity index (χ0v) is 12.9. The molecule has 6 heteroatoms. The van der Waals surface area contributed by atoms with Crippen LogP contribution in [0, 0.1) is 11.6 Å². The Bertz CT molecular complexity index is 510. The molecule has 4 nitrogen and oxygen atoms in total. The molecule has 122 valence electrons. The number of urea groups is 1. The molecule has 2 rings (SSSR count). The highest BCUT2D eigenvalue weighted by molar-refractivity contribution is 5.89. The van der Waals surface area contributed by atoms with E-state index in [0.29, 0.717) is 12.6 Å². The summed E-state index contributed by atoms with van der Waals surface area (Å²) in [5.41, 5.74) is -0.0245. The molecule has 0 bridgehead atoms. The SMILES string of the molecule is CC1CCCCN1CCCNC(=O)Nc1ccc(F)cc1F. The van der Waals surface area contributed by atoms with Crippen LogP contribution in [-0.4, -0.2) is 36.6 Å². The first-order chi connectivity index (χ1) is 10.6. The molecule has 1 heterocycles. The number of likely N-dealkylation sites (tertiary alicyclic amines) is 1. The molecule has 0 radical (unpaired) electrons. The van der Waals surface area contributed by atoms with Gasteiger partial charge in [-0.2, -0.15) is 0 Å². The smallest absolute Gasteiger partial charge is 0.319 e. The van der Waals surface area contributed by atoms with Crippen molar-refractivity contribution in [3.05, 3.63) is 29.8 Å². The Balaban J connectivity index is 1.67. The summed E-state index contributed by atoms with van der Waals surface area (Å²) in [5, 5.41) is 5.07. The van der Waals surface area contributed by atoms with Crippen molar-refractivity contribution in [2.45, 2.75) is 38.6 Å². The van der Waals surface area contributed by atoms with Crippen LogP contribution >= 0.6 is 0 Å². The molecule has 22 heavy (non-hydrogen) atoms. The van der Waals surface area contributed by atoms with Gasteiger partial charge in [-0.1, -0.05) is 6.42 Å². The second-order valence-corrected chi connectivity index (χ2v) is 5.74. The first kappa shape index (κ1) is 16.7.